The number of hydrogen-bond acceptors (Lipinski definition) is 4. The molecule has 5 aromatic rings. The molecule has 6 heteroatoms. The molecule has 378 valence electrons. The fourth-order valence-electron chi connectivity index (χ4n) is 12.5. The zero-order chi connectivity index (χ0) is 51.4. The van der Waals surface area contributed by atoms with Gasteiger partial charge in [-0.3, -0.25) is 0 Å². The first-order valence-electron chi connectivity index (χ1n) is 27.9. The predicted octanol–water partition coefficient (Wildman–Crippen LogP) is 16.5. The van der Waals surface area contributed by atoms with E-state index in [-0.39, 0.29) is 16.2 Å². The zero-order valence-corrected chi connectivity index (χ0v) is 46.3. The van der Waals surface area contributed by atoms with Gasteiger partial charge < -0.3 is 18.6 Å². The number of fused-ring (bicyclic) bond motifs is 6. The van der Waals surface area contributed by atoms with Crippen LogP contribution in [-0.4, -0.2) is 25.4 Å². The maximum Gasteiger partial charge on any atom is 0.632 e. The first-order chi connectivity index (χ1) is 34.2. The fourth-order valence-corrected chi connectivity index (χ4v) is 12.5. The van der Waals surface area contributed by atoms with Gasteiger partial charge in [-0.05, 0) is 136 Å². The van der Waals surface area contributed by atoms with E-state index >= 15 is 0 Å². The minimum absolute atomic E-state index is 0.000542. The number of hydrogen-bond donors (Lipinski definition) is 0. The standard InChI is InChI=1S/C66H84B2O4/c1-15-17-19-21-23-25-39-65(40-26-24-22-20-18-16-2)57-41-52(68-71-63(11,12)64(13,14)72-68)36-37-53(57)55-44-60-56(43-58(55)65)54-38-35-51(67-69-45(3)46(4)70-67)42-59(54)66(60,49-31-27-47(28-32-49)61(5,6)7)50-33-29-48(30-34-50)62(8,9)10/h27-38,41-44H,3-4,15-26,39-40H2,1-2,5-14H3. The van der Waals surface area contributed by atoms with E-state index in [0.717, 1.165) is 23.8 Å². The van der Waals surface area contributed by atoms with Gasteiger partial charge in [-0.2, -0.15) is 0 Å². The summed E-state index contributed by atoms with van der Waals surface area (Å²) in [5, 5.41) is 0. The van der Waals surface area contributed by atoms with Crippen molar-refractivity contribution in [3.8, 4) is 22.3 Å². The van der Waals surface area contributed by atoms with E-state index in [4.69, 9.17) is 18.6 Å². The largest absolute Gasteiger partial charge is 0.632 e. The van der Waals surface area contributed by atoms with Crippen LogP contribution in [-0.2, 0) is 40.3 Å². The van der Waals surface area contributed by atoms with Crippen molar-refractivity contribution in [2.45, 2.75) is 206 Å². The third-order valence-electron chi connectivity index (χ3n) is 17.6. The third kappa shape index (κ3) is 9.29. The highest BCUT2D eigenvalue weighted by atomic mass is 16.7. The minimum Gasteiger partial charge on any atom is -0.520 e. The summed E-state index contributed by atoms with van der Waals surface area (Å²) in [6, 6.07) is 38.6. The molecule has 0 saturated carbocycles. The lowest BCUT2D eigenvalue weighted by molar-refractivity contribution is 0.00578. The third-order valence-corrected chi connectivity index (χ3v) is 17.6. The Morgan fingerprint density at radius 2 is 0.806 bits per heavy atom. The normalized spacial score (nSPS) is 17.9. The van der Waals surface area contributed by atoms with Gasteiger partial charge in [0.1, 0.15) is 11.5 Å². The predicted molar refractivity (Wildman–Crippen MR) is 305 cm³/mol. The lowest BCUT2D eigenvalue weighted by atomic mass is 9.65. The first kappa shape index (κ1) is 52.1. The SMILES string of the molecule is C=C1OB(c2ccc3c(c2)C(c2ccc(C(C)(C)C)cc2)(c2ccc(C(C)(C)C)cc2)c2cc4c(cc2-3)C(CCCCCCCC)(CCCCCCCC)c2cc(B3OC(C)(C)C(C)(C)O3)ccc2-4)OC1=C. The van der Waals surface area contributed by atoms with E-state index in [1.54, 1.807) is 0 Å². The van der Waals surface area contributed by atoms with Gasteiger partial charge in [0, 0.05) is 10.9 Å². The van der Waals surface area contributed by atoms with Gasteiger partial charge in [0.05, 0.1) is 16.6 Å². The highest BCUT2D eigenvalue weighted by Gasteiger charge is 2.54. The van der Waals surface area contributed by atoms with Gasteiger partial charge in [-0.25, -0.2) is 0 Å². The van der Waals surface area contributed by atoms with Crippen molar-refractivity contribution in [3.63, 3.8) is 0 Å². The Morgan fingerprint density at radius 3 is 1.28 bits per heavy atom. The average molecular weight is 963 g/mol. The molecule has 0 spiro atoms. The van der Waals surface area contributed by atoms with Crippen LogP contribution in [0, 0.1) is 0 Å². The van der Waals surface area contributed by atoms with Gasteiger partial charge in [-0.15, -0.1) is 0 Å². The lowest BCUT2D eigenvalue weighted by Crippen LogP contribution is -2.41. The molecule has 2 fully saturated rings. The van der Waals surface area contributed by atoms with E-state index in [1.807, 2.05) is 0 Å². The molecule has 0 atom stereocenters. The van der Waals surface area contributed by atoms with Gasteiger partial charge in [0.25, 0.3) is 0 Å². The molecule has 2 heterocycles. The summed E-state index contributed by atoms with van der Waals surface area (Å²) in [6.07, 6.45) is 17.4. The average Bonchev–Trinajstić information content (AvgIpc) is 3.99. The van der Waals surface area contributed by atoms with Crippen LogP contribution in [0.4, 0.5) is 0 Å². The van der Waals surface area contributed by atoms with Crippen LogP contribution < -0.4 is 10.9 Å². The topological polar surface area (TPSA) is 36.9 Å². The van der Waals surface area contributed by atoms with Gasteiger partial charge in [-0.1, -0.05) is 231 Å². The lowest BCUT2D eigenvalue weighted by Gasteiger charge is -2.36. The quantitative estimate of drug-likeness (QED) is 0.0635. The molecule has 2 aliphatic carbocycles. The Hall–Kier alpha value is -4.77. The second kappa shape index (κ2) is 19.8. The molecule has 0 aromatic heterocycles. The summed E-state index contributed by atoms with van der Waals surface area (Å²) in [4.78, 5) is 0. The molecule has 0 amide bonds. The summed E-state index contributed by atoms with van der Waals surface area (Å²) in [5.74, 6) is 0.962. The second-order valence-electron chi connectivity index (χ2n) is 25.1. The summed E-state index contributed by atoms with van der Waals surface area (Å²) >= 11 is 0. The zero-order valence-electron chi connectivity index (χ0n) is 46.3. The molecular weight excluding hydrogens is 878 g/mol. The van der Waals surface area contributed by atoms with Crippen molar-refractivity contribution in [2.75, 3.05) is 0 Å². The molecule has 72 heavy (non-hydrogen) atoms. The van der Waals surface area contributed by atoms with Crippen LogP contribution >= 0.6 is 0 Å². The maximum absolute atomic E-state index is 6.82. The molecule has 5 aromatic carbocycles. The highest BCUT2D eigenvalue weighted by Crippen LogP contribution is 2.62. The van der Waals surface area contributed by atoms with Crippen LogP contribution in [0.1, 0.15) is 217 Å². The van der Waals surface area contributed by atoms with E-state index < -0.39 is 30.9 Å². The van der Waals surface area contributed by atoms with Crippen molar-refractivity contribution < 1.29 is 18.6 Å². The van der Waals surface area contributed by atoms with E-state index in [9.17, 15) is 0 Å². The Morgan fingerprint density at radius 1 is 0.431 bits per heavy atom. The summed E-state index contributed by atoms with van der Waals surface area (Å²) in [5.41, 5.74) is 16.3. The molecule has 0 radical (unpaired) electrons. The van der Waals surface area contributed by atoms with Crippen LogP contribution in [0.3, 0.4) is 0 Å². The molecule has 0 unspecified atom stereocenters. The second-order valence-corrected chi connectivity index (χ2v) is 25.1. The first-order valence-corrected chi connectivity index (χ1v) is 27.9. The molecule has 0 bridgehead atoms. The Labute approximate surface area is 436 Å². The Balaban J connectivity index is 1.31. The van der Waals surface area contributed by atoms with Crippen LogP contribution in [0.5, 0.6) is 0 Å². The van der Waals surface area contributed by atoms with Crippen molar-refractivity contribution in [1.29, 1.82) is 0 Å². The number of rotatable bonds is 18. The smallest absolute Gasteiger partial charge is 0.520 e. The molecule has 9 rings (SSSR count). The molecule has 2 saturated heterocycles. The molecular formula is C66H84B2O4. The maximum atomic E-state index is 6.82. The number of unbranched alkanes of at least 4 members (excludes halogenated alkanes) is 10. The van der Waals surface area contributed by atoms with Crippen molar-refractivity contribution in [3.05, 3.63) is 166 Å². The highest BCUT2D eigenvalue weighted by molar-refractivity contribution is 6.63. The van der Waals surface area contributed by atoms with Crippen molar-refractivity contribution in [2.24, 2.45) is 0 Å². The summed E-state index contributed by atoms with van der Waals surface area (Å²) in [6.45, 7) is 35.4. The minimum atomic E-state index is -0.665. The Kier molecular flexibility index (Phi) is 14.3. The molecule has 0 N–H and O–H groups in total. The van der Waals surface area contributed by atoms with Gasteiger partial charge in [0.15, 0.2) is 0 Å². The van der Waals surface area contributed by atoms with E-state index in [0.29, 0.717) is 11.5 Å². The van der Waals surface area contributed by atoms with Crippen molar-refractivity contribution >= 4 is 25.2 Å². The van der Waals surface area contributed by atoms with E-state index in [2.05, 4.69) is 193 Å². The van der Waals surface area contributed by atoms with Crippen LogP contribution in [0.15, 0.2) is 122 Å². The fraction of sp³-hybridized carbons (Fsp3) is 0.485. The van der Waals surface area contributed by atoms with Gasteiger partial charge >= 0.3 is 14.2 Å². The van der Waals surface area contributed by atoms with E-state index in [1.165, 1.54) is 144 Å². The van der Waals surface area contributed by atoms with Crippen LogP contribution in [0.2, 0.25) is 0 Å². The van der Waals surface area contributed by atoms with Crippen molar-refractivity contribution in [1.82, 2.24) is 0 Å². The monoisotopic (exact) mass is 963 g/mol. The van der Waals surface area contributed by atoms with Crippen LogP contribution in [0.25, 0.3) is 22.3 Å². The summed E-state index contributed by atoms with van der Waals surface area (Å²) < 4.78 is 26.2. The Bertz CT molecular complexity index is 2690. The summed E-state index contributed by atoms with van der Waals surface area (Å²) in [7, 11) is -1.06. The molecule has 2 aliphatic heterocycles. The van der Waals surface area contributed by atoms with Gasteiger partial charge in [0.2, 0.25) is 0 Å². The molecule has 4 nitrogen and oxygen atoms in total. The number of benzene rings is 5. The molecule has 4 aliphatic rings.